The lowest BCUT2D eigenvalue weighted by Gasteiger charge is -2.32. The molecule has 2 amide bonds. The average molecular weight is 635 g/mol. The van der Waals surface area contributed by atoms with Crippen molar-refractivity contribution in [3.63, 3.8) is 0 Å². The van der Waals surface area contributed by atoms with E-state index in [1.165, 1.54) is 23.1 Å². The number of nitrogens with zero attached hydrogens (tertiary/aromatic N) is 2. The first kappa shape index (κ1) is 30.7. The van der Waals surface area contributed by atoms with E-state index in [2.05, 4.69) is 21.2 Å². The van der Waals surface area contributed by atoms with E-state index < -0.39 is 28.5 Å². The molecule has 0 heterocycles. The fraction of sp³-hybridized carbons (Fsp3) is 0.310. The molecule has 7 nitrogen and oxygen atoms in total. The van der Waals surface area contributed by atoms with Crippen LogP contribution in [0.4, 0.5) is 5.69 Å². The maximum atomic E-state index is 13.9. The van der Waals surface area contributed by atoms with Gasteiger partial charge < -0.3 is 10.2 Å². The molecule has 3 aromatic rings. The minimum Gasteiger partial charge on any atom is -0.352 e. The second kappa shape index (κ2) is 13.0. The normalized spacial score (nSPS) is 12.2. The van der Waals surface area contributed by atoms with Gasteiger partial charge >= 0.3 is 0 Å². The number of benzene rings is 3. The molecule has 0 aliphatic carbocycles. The van der Waals surface area contributed by atoms with Crippen LogP contribution in [-0.2, 0) is 26.2 Å². The number of hydrogen-bond donors (Lipinski definition) is 1. The van der Waals surface area contributed by atoms with Crippen LogP contribution in [-0.4, -0.2) is 43.8 Å². The quantitative estimate of drug-likeness (QED) is 0.303. The lowest BCUT2D eigenvalue weighted by Crippen LogP contribution is -2.52. The highest BCUT2D eigenvalue weighted by Crippen LogP contribution is 2.29. The van der Waals surface area contributed by atoms with Crippen LogP contribution in [0.25, 0.3) is 0 Å². The van der Waals surface area contributed by atoms with Crippen molar-refractivity contribution in [1.29, 1.82) is 0 Å². The molecule has 10 heteroatoms. The van der Waals surface area contributed by atoms with E-state index in [-0.39, 0.29) is 29.1 Å². The predicted molar refractivity (Wildman–Crippen MR) is 159 cm³/mol. The number of anilines is 1. The number of carbonyl (C=O) groups excluding carboxylic acids is 2. The Morgan fingerprint density at radius 2 is 1.64 bits per heavy atom. The number of nitrogens with one attached hydrogen (secondary N) is 1. The molecule has 0 aliphatic heterocycles. The van der Waals surface area contributed by atoms with Crippen molar-refractivity contribution in [2.24, 2.45) is 0 Å². The highest BCUT2D eigenvalue weighted by Gasteiger charge is 2.33. The monoisotopic (exact) mass is 633 g/mol. The summed E-state index contributed by atoms with van der Waals surface area (Å²) in [6.07, 6.45) is 0. The summed E-state index contributed by atoms with van der Waals surface area (Å²) in [6, 6.07) is 17.7. The van der Waals surface area contributed by atoms with Gasteiger partial charge in [-0.05, 0) is 82.1 Å². The van der Waals surface area contributed by atoms with E-state index in [1.54, 1.807) is 31.2 Å². The summed E-state index contributed by atoms with van der Waals surface area (Å²) in [6.45, 7) is 8.56. The lowest BCUT2D eigenvalue weighted by molar-refractivity contribution is -0.139. The van der Waals surface area contributed by atoms with Crippen molar-refractivity contribution in [3.8, 4) is 0 Å². The fourth-order valence-corrected chi connectivity index (χ4v) is 5.95. The average Bonchev–Trinajstić information content (AvgIpc) is 2.87. The zero-order valence-corrected chi connectivity index (χ0v) is 25.8. The Balaban J connectivity index is 2.06. The summed E-state index contributed by atoms with van der Waals surface area (Å²) in [5, 5.41) is 3.22. The van der Waals surface area contributed by atoms with Gasteiger partial charge in [0.1, 0.15) is 12.6 Å². The summed E-state index contributed by atoms with van der Waals surface area (Å²) in [5.41, 5.74) is 2.71. The van der Waals surface area contributed by atoms with Crippen LogP contribution in [0.2, 0.25) is 5.02 Å². The Hall–Kier alpha value is -2.88. The van der Waals surface area contributed by atoms with Crippen molar-refractivity contribution < 1.29 is 18.0 Å². The molecule has 0 fully saturated rings. The van der Waals surface area contributed by atoms with Gasteiger partial charge in [0.2, 0.25) is 11.8 Å². The molecule has 3 aromatic carbocycles. The van der Waals surface area contributed by atoms with Crippen LogP contribution in [0, 0.1) is 13.8 Å². The van der Waals surface area contributed by atoms with Gasteiger partial charge in [-0.25, -0.2) is 8.42 Å². The van der Waals surface area contributed by atoms with Crippen molar-refractivity contribution in [2.75, 3.05) is 10.8 Å². The maximum Gasteiger partial charge on any atom is 0.264 e. The van der Waals surface area contributed by atoms with E-state index in [0.29, 0.717) is 5.02 Å². The zero-order valence-electron chi connectivity index (χ0n) is 22.6. The van der Waals surface area contributed by atoms with Crippen molar-refractivity contribution >= 4 is 55.1 Å². The van der Waals surface area contributed by atoms with Crippen molar-refractivity contribution in [3.05, 3.63) is 92.9 Å². The van der Waals surface area contributed by atoms with Crippen LogP contribution in [0.3, 0.4) is 0 Å². The van der Waals surface area contributed by atoms with E-state index in [1.807, 2.05) is 52.0 Å². The number of hydrogen-bond acceptors (Lipinski definition) is 4. The highest BCUT2D eigenvalue weighted by atomic mass is 79.9. The maximum absolute atomic E-state index is 13.9. The Morgan fingerprint density at radius 3 is 2.23 bits per heavy atom. The Labute approximate surface area is 244 Å². The third-order valence-electron chi connectivity index (χ3n) is 6.17. The molecule has 1 N–H and O–H groups in total. The van der Waals surface area contributed by atoms with Gasteiger partial charge in [0, 0.05) is 22.1 Å². The number of amides is 2. The topological polar surface area (TPSA) is 86.8 Å². The van der Waals surface area contributed by atoms with Gasteiger partial charge in [-0.2, -0.15) is 0 Å². The first-order chi connectivity index (χ1) is 18.3. The lowest BCUT2D eigenvalue weighted by atomic mass is 10.1. The standard InChI is InChI=1S/C29H33BrClN3O4S/c1-19(2)32-29(36)22(5)33(17-23-7-6-8-24(30)15-23)28(35)18-34(25-12-11-21(4)27(31)16-25)39(37,38)26-13-9-20(3)10-14-26/h6-16,19,22H,17-18H2,1-5H3,(H,32,36). The Morgan fingerprint density at radius 1 is 0.974 bits per heavy atom. The van der Waals surface area contributed by atoms with Crippen molar-refractivity contribution in [1.82, 2.24) is 10.2 Å². The summed E-state index contributed by atoms with van der Waals surface area (Å²) in [7, 11) is -4.15. The minimum absolute atomic E-state index is 0.0433. The van der Waals surface area contributed by atoms with E-state index in [9.17, 15) is 18.0 Å². The minimum atomic E-state index is -4.15. The summed E-state index contributed by atoms with van der Waals surface area (Å²) in [4.78, 5) is 28.3. The first-order valence-electron chi connectivity index (χ1n) is 12.5. The summed E-state index contributed by atoms with van der Waals surface area (Å²) < 4.78 is 29.6. The molecule has 1 atom stereocenters. The van der Waals surface area contributed by atoms with E-state index in [0.717, 1.165) is 25.5 Å². The molecule has 208 valence electrons. The summed E-state index contributed by atoms with van der Waals surface area (Å²) >= 11 is 9.81. The van der Waals surface area contributed by atoms with Crippen LogP contribution in [0.15, 0.2) is 76.1 Å². The summed E-state index contributed by atoms with van der Waals surface area (Å²) in [5.74, 6) is -0.867. The highest BCUT2D eigenvalue weighted by molar-refractivity contribution is 9.10. The molecule has 0 aliphatic rings. The predicted octanol–water partition coefficient (Wildman–Crippen LogP) is 5.86. The molecule has 0 saturated carbocycles. The van der Waals surface area contributed by atoms with Crippen LogP contribution in [0.5, 0.6) is 0 Å². The molecule has 1 unspecified atom stereocenters. The number of halogens is 2. The smallest absolute Gasteiger partial charge is 0.264 e. The largest absolute Gasteiger partial charge is 0.352 e. The van der Waals surface area contributed by atoms with E-state index >= 15 is 0 Å². The third kappa shape index (κ3) is 7.84. The molecule has 0 saturated heterocycles. The second-order valence-corrected chi connectivity index (χ2v) is 12.9. The van der Waals surface area contributed by atoms with Crippen LogP contribution >= 0.6 is 27.5 Å². The van der Waals surface area contributed by atoms with E-state index in [4.69, 9.17) is 11.6 Å². The Bertz CT molecular complexity index is 1450. The molecule has 0 spiro atoms. The molecule has 0 bridgehead atoms. The number of rotatable bonds is 10. The first-order valence-corrected chi connectivity index (χ1v) is 15.1. The molecule has 0 aromatic heterocycles. The second-order valence-electron chi connectivity index (χ2n) is 9.75. The number of sulfonamides is 1. The van der Waals surface area contributed by atoms with Gasteiger partial charge in [0.05, 0.1) is 10.6 Å². The molecule has 39 heavy (non-hydrogen) atoms. The molecular formula is C29H33BrClN3O4S. The van der Waals surface area contributed by atoms with Crippen LogP contribution < -0.4 is 9.62 Å². The Kier molecular flexibility index (Phi) is 10.2. The molecular weight excluding hydrogens is 602 g/mol. The zero-order chi connectivity index (χ0) is 28.9. The van der Waals surface area contributed by atoms with Gasteiger partial charge in [0.15, 0.2) is 0 Å². The molecule has 3 rings (SSSR count). The van der Waals surface area contributed by atoms with Gasteiger partial charge in [-0.1, -0.05) is 63.4 Å². The SMILES string of the molecule is Cc1ccc(S(=O)(=O)N(CC(=O)N(Cc2cccc(Br)c2)C(C)C(=O)NC(C)C)c2ccc(C)c(Cl)c2)cc1. The number of aryl methyl sites for hydroxylation is 2. The van der Waals surface area contributed by atoms with Gasteiger partial charge in [0.25, 0.3) is 10.0 Å². The third-order valence-corrected chi connectivity index (χ3v) is 8.86. The van der Waals surface area contributed by atoms with Crippen LogP contribution in [0.1, 0.15) is 37.5 Å². The fourth-order valence-electron chi connectivity index (χ4n) is 3.92. The molecule has 0 radical (unpaired) electrons. The van der Waals surface area contributed by atoms with Gasteiger partial charge in [-0.15, -0.1) is 0 Å². The van der Waals surface area contributed by atoms with Gasteiger partial charge in [-0.3, -0.25) is 13.9 Å². The van der Waals surface area contributed by atoms with Crippen molar-refractivity contribution in [2.45, 2.75) is 58.1 Å². The number of carbonyl (C=O) groups is 2.